The molecule has 110 valence electrons. The molecule has 0 aliphatic carbocycles. The minimum Gasteiger partial charge on any atom is -0.381 e. The highest BCUT2D eigenvalue weighted by Crippen LogP contribution is 2.15. The van der Waals surface area contributed by atoms with E-state index in [2.05, 4.69) is 10.6 Å². The third-order valence-electron chi connectivity index (χ3n) is 3.34. The maximum atomic E-state index is 11.9. The number of carbonyl (C=O) groups is 1. The molecule has 0 spiro atoms. The van der Waals surface area contributed by atoms with Gasteiger partial charge in [0.25, 0.3) is 0 Å². The van der Waals surface area contributed by atoms with Gasteiger partial charge in [0.1, 0.15) is 0 Å². The summed E-state index contributed by atoms with van der Waals surface area (Å²) in [5.41, 5.74) is 1.99. The van der Waals surface area contributed by atoms with E-state index in [1.807, 2.05) is 24.3 Å². The van der Waals surface area contributed by atoms with E-state index in [9.17, 15) is 4.79 Å². The largest absolute Gasteiger partial charge is 0.381 e. The van der Waals surface area contributed by atoms with Crippen LogP contribution in [0.15, 0.2) is 24.3 Å². The number of para-hydroxylation sites is 1. The molecule has 5 heteroatoms. The number of methoxy groups -OCH3 is 1. The molecular formula is C15H22N2O3. The fourth-order valence-corrected chi connectivity index (χ4v) is 2.27. The number of carbonyl (C=O) groups excluding carboxylic acids is 1. The third kappa shape index (κ3) is 4.51. The predicted octanol–water partition coefficient (Wildman–Crippen LogP) is 1.54. The fourth-order valence-electron chi connectivity index (χ4n) is 2.27. The zero-order chi connectivity index (χ0) is 14.2. The lowest BCUT2D eigenvalue weighted by molar-refractivity contribution is -0.120. The average molecular weight is 278 g/mol. The summed E-state index contributed by atoms with van der Waals surface area (Å²) in [6.07, 6.45) is 1.79. The summed E-state index contributed by atoms with van der Waals surface area (Å²) >= 11 is 0. The highest BCUT2D eigenvalue weighted by atomic mass is 16.5. The van der Waals surface area contributed by atoms with Crippen molar-refractivity contribution in [1.82, 2.24) is 5.32 Å². The van der Waals surface area contributed by atoms with E-state index in [1.165, 1.54) is 0 Å². The Bertz CT molecular complexity index is 431. The summed E-state index contributed by atoms with van der Waals surface area (Å²) in [6, 6.07) is 8.09. The van der Waals surface area contributed by atoms with Gasteiger partial charge in [-0.15, -0.1) is 0 Å². The Hall–Kier alpha value is -1.59. The topological polar surface area (TPSA) is 59.6 Å². The highest BCUT2D eigenvalue weighted by molar-refractivity contribution is 5.81. The lowest BCUT2D eigenvalue weighted by atomic mass is 10.1. The van der Waals surface area contributed by atoms with Crippen LogP contribution in [0.5, 0.6) is 0 Å². The highest BCUT2D eigenvalue weighted by Gasteiger charge is 2.15. The molecule has 1 aliphatic rings. The van der Waals surface area contributed by atoms with Gasteiger partial charge in [-0.3, -0.25) is 4.79 Å². The minimum atomic E-state index is 0.0177. The molecular weight excluding hydrogens is 256 g/mol. The van der Waals surface area contributed by atoms with Crippen molar-refractivity contribution in [3.63, 3.8) is 0 Å². The molecule has 0 radical (unpaired) electrons. The van der Waals surface area contributed by atoms with Gasteiger partial charge in [-0.25, -0.2) is 0 Å². The standard InChI is InChI=1S/C15H22N2O3/c1-19-11-12-4-2-3-5-14(12)16-10-15(18)17-13-6-8-20-9-7-13/h2-5,13,16H,6-11H2,1H3,(H,17,18). The molecule has 1 fully saturated rings. The van der Waals surface area contributed by atoms with Crippen LogP contribution in [0.1, 0.15) is 18.4 Å². The van der Waals surface area contributed by atoms with Crippen LogP contribution in [-0.2, 0) is 20.9 Å². The molecule has 1 amide bonds. The van der Waals surface area contributed by atoms with Crippen molar-refractivity contribution in [1.29, 1.82) is 0 Å². The molecule has 5 nitrogen and oxygen atoms in total. The van der Waals surface area contributed by atoms with E-state index >= 15 is 0 Å². The number of hydrogen-bond acceptors (Lipinski definition) is 4. The van der Waals surface area contributed by atoms with Crippen LogP contribution in [0.25, 0.3) is 0 Å². The lowest BCUT2D eigenvalue weighted by Crippen LogP contribution is -2.41. The number of rotatable bonds is 6. The minimum absolute atomic E-state index is 0.0177. The van der Waals surface area contributed by atoms with Gasteiger partial charge in [0.2, 0.25) is 5.91 Å². The summed E-state index contributed by atoms with van der Waals surface area (Å²) in [5, 5.41) is 6.19. The van der Waals surface area contributed by atoms with Crippen LogP contribution in [0.3, 0.4) is 0 Å². The smallest absolute Gasteiger partial charge is 0.239 e. The van der Waals surface area contributed by atoms with E-state index in [-0.39, 0.29) is 18.5 Å². The second-order valence-corrected chi connectivity index (χ2v) is 4.90. The van der Waals surface area contributed by atoms with E-state index in [4.69, 9.17) is 9.47 Å². The average Bonchev–Trinajstić information content (AvgIpc) is 2.48. The summed E-state index contributed by atoms with van der Waals surface area (Å²) in [5.74, 6) is 0.0177. The molecule has 0 aromatic heterocycles. The Kier molecular flexibility index (Phi) is 5.83. The monoisotopic (exact) mass is 278 g/mol. The molecule has 0 unspecified atom stereocenters. The summed E-state index contributed by atoms with van der Waals surface area (Å²) in [7, 11) is 1.66. The van der Waals surface area contributed by atoms with Gasteiger partial charge in [0.05, 0.1) is 13.2 Å². The molecule has 2 rings (SSSR count). The van der Waals surface area contributed by atoms with Crippen LogP contribution in [0.2, 0.25) is 0 Å². The van der Waals surface area contributed by atoms with Crippen molar-refractivity contribution in [3.05, 3.63) is 29.8 Å². The first kappa shape index (κ1) is 14.8. The number of anilines is 1. The van der Waals surface area contributed by atoms with Crippen molar-refractivity contribution in [2.45, 2.75) is 25.5 Å². The SMILES string of the molecule is COCc1ccccc1NCC(=O)NC1CCOCC1. The van der Waals surface area contributed by atoms with Gasteiger partial charge < -0.3 is 20.1 Å². The van der Waals surface area contributed by atoms with Gasteiger partial charge in [-0.2, -0.15) is 0 Å². The Morgan fingerprint density at radius 1 is 1.35 bits per heavy atom. The summed E-state index contributed by atoms with van der Waals surface area (Å²) in [6.45, 7) is 2.27. The molecule has 2 N–H and O–H groups in total. The maximum Gasteiger partial charge on any atom is 0.239 e. The quantitative estimate of drug-likeness (QED) is 0.828. The maximum absolute atomic E-state index is 11.9. The molecule has 20 heavy (non-hydrogen) atoms. The summed E-state index contributed by atoms with van der Waals surface area (Å²) < 4.78 is 10.4. The number of hydrogen-bond donors (Lipinski definition) is 2. The van der Waals surface area contributed by atoms with Crippen molar-refractivity contribution < 1.29 is 14.3 Å². The fraction of sp³-hybridized carbons (Fsp3) is 0.533. The van der Waals surface area contributed by atoms with E-state index in [0.29, 0.717) is 6.61 Å². The molecule has 1 aromatic rings. The zero-order valence-corrected chi connectivity index (χ0v) is 11.9. The summed E-state index contributed by atoms with van der Waals surface area (Å²) in [4.78, 5) is 11.9. The molecule has 0 bridgehead atoms. The van der Waals surface area contributed by atoms with Crippen molar-refractivity contribution in [2.75, 3.05) is 32.2 Å². The van der Waals surface area contributed by atoms with E-state index in [1.54, 1.807) is 7.11 Å². The van der Waals surface area contributed by atoms with Crippen molar-refractivity contribution in [3.8, 4) is 0 Å². The Morgan fingerprint density at radius 3 is 2.85 bits per heavy atom. The molecule has 1 saturated heterocycles. The Balaban J connectivity index is 1.80. The van der Waals surface area contributed by atoms with Gasteiger partial charge in [-0.05, 0) is 18.9 Å². The first-order valence-electron chi connectivity index (χ1n) is 6.97. The Morgan fingerprint density at radius 2 is 2.10 bits per heavy atom. The first-order valence-corrected chi connectivity index (χ1v) is 6.97. The third-order valence-corrected chi connectivity index (χ3v) is 3.34. The number of amides is 1. The van der Waals surface area contributed by atoms with Gasteiger partial charge >= 0.3 is 0 Å². The number of benzene rings is 1. The zero-order valence-electron chi connectivity index (χ0n) is 11.9. The molecule has 1 aliphatic heterocycles. The number of ether oxygens (including phenoxy) is 2. The predicted molar refractivity (Wildman–Crippen MR) is 77.6 cm³/mol. The molecule has 1 aromatic carbocycles. The second-order valence-electron chi connectivity index (χ2n) is 4.90. The Labute approximate surface area is 119 Å². The number of nitrogens with one attached hydrogen (secondary N) is 2. The van der Waals surface area contributed by atoms with Crippen LogP contribution < -0.4 is 10.6 Å². The van der Waals surface area contributed by atoms with Crippen LogP contribution >= 0.6 is 0 Å². The van der Waals surface area contributed by atoms with Crippen molar-refractivity contribution >= 4 is 11.6 Å². The van der Waals surface area contributed by atoms with E-state index < -0.39 is 0 Å². The van der Waals surface area contributed by atoms with Gasteiger partial charge in [0.15, 0.2) is 0 Å². The second kappa shape index (κ2) is 7.87. The van der Waals surface area contributed by atoms with E-state index in [0.717, 1.165) is 37.3 Å². The van der Waals surface area contributed by atoms with Crippen molar-refractivity contribution in [2.24, 2.45) is 0 Å². The van der Waals surface area contributed by atoms with Gasteiger partial charge in [-0.1, -0.05) is 18.2 Å². The molecule has 1 heterocycles. The molecule has 0 atom stereocenters. The van der Waals surface area contributed by atoms with Gasteiger partial charge in [0, 0.05) is 37.6 Å². The lowest BCUT2D eigenvalue weighted by Gasteiger charge is -2.23. The first-order chi connectivity index (χ1) is 9.79. The normalized spacial score (nSPS) is 15.8. The van der Waals surface area contributed by atoms with Crippen LogP contribution in [0.4, 0.5) is 5.69 Å². The van der Waals surface area contributed by atoms with Crippen LogP contribution in [0, 0.1) is 0 Å². The van der Waals surface area contributed by atoms with Crippen LogP contribution in [-0.4, -0.2) is 38.8 Å². The molecule has 0 saturated carbocycles.